The Kier molecular flexibility index (Phi) is 5.36. The second kappa shape index (κ2) is 7.49. The highest BCUT2D eigenvalue weighted by Gasteiger charge is 2.36. The summed E-state index contributed by atoms with van der Waals surface area (Å²) in [6.45, 7) is 3.62. The van der Waals surface area contributed by atoms with Crippen molar-refractivity contribution in [1.29, 1.82) is 5.26 Å². The van der Waals surface area contributed by atoms with Gasteiger partial charge in [0.05, 0.1) is 12.6 Å². The van der Waals surface area contributed by atoms with Crippen LogP contribution in [0.2, 0.25) is 0 Å². The molecule has 1 atom stereocenters. The summed E-state index contributed by atoms with van der Waals surface area (Å²) >= 11 is 0. The maximum absolute atomic E-state index is 12.3. The van der Waals surface area contributed by atoms with Gasteiger partial charge in [0.1, 0.15) is 11.6 Å². The number of rotatable bonds is 4. The van der Waals surface area contributed by atoms with Crippen molar-refractivity contribution in [1.82, 2.24) is 15.1 Å². The Balaban J connectivity index is 1.42. The Morgan fingerprint density at radius 3 is 2.46 bits per heavy atom. The molecule has 3 rings (SSSR count). The number of ether oxygens (including phenoxy) is 1. The largest absolute Gasteiger partial charge is 0.368 e. The van der Waals surface area contributed by atoms with E-state index in [-0.39, 0.29) is 17.9 Å². The van der Waals surface area contributed by atoms with E-state index in [1.165, 1.54) is 0 Å². The molecule has 132 valence electrons. The second-order valence-electron chi connectivity index (χ2n) is 7.05. The SMILES string of the molecule is N#CC1(NC(=O)CN2CCN(C(=O)C3CCCO3)CC2)CCCC1. The van der Waals surface area contributed by atoms with Crippen LogP contribution in [0.1, 0.15) is 38.5 Å². The first kappa shape index (κ1) is 17.2. The Morgan fingerprint density at radius 2 is 1.88 bits per heavy atom. The molecule has 7 heteroatoms. The van der Waals surface area contributed by atoms with E-state index in [0.717, 1.165) is 38.5 Å². The van der Waals surface area contributed by atoms with E-state index >= 15 is 0 Å². The molecule has 2 saturated heterocycles. The average molecular weight is 334 g/mol. The molecule has 7 nitrogen and oxygen atoms in total. The van der Waals surface area contributed by atoms with E-state index in [2.05, 4.69) is 16.3 Å². The van der Waals surface area contributed by atoms with Crippen LogP contribution in [0.15, 0.2) is 0 Å². The molecule has 1 saturated carbocycles. The highest BCUT2D eigenvalue weighted by Crippen LogP contribution is 2.28. The highest BCUT2D eigenvalue weighted by molar-refractivity contribution is 5.81. The molecule has 0 bridgehead atoms. The van der Waals surface area contributed by atoms with Gasteiger partial charge in [0, 0.05) is 32.8 Å². The minimum absolute atomic E-state index is 0.0858. The fourth-order valence-corrected chi connectivity index (χ4v) is 3.86. The smallest absolute Gasteiger partial charge is 0.251 e. The average Bonchev–Trinajstić information content (AvgIpc) is 3.27. The van der Waals surface area contributed by atoms with Crippen molar-refractivity contribution < 1.29 is 14.3 Å². The molecular formula is C17H26N4O3. The Bertz CT molecular complexity index is 510. The minimum atomic E-state index is -0.658. The summed E-state index contributed by atoms with van der Waals surface area (Å²) in [6, 6.07) is 2.28. The molecule has 24 heavy (non-hydrogen) atoms. The number of nitrogens with one attached hydrogen (secondary N) is 1. The summed E-state index contributed by atoms with van der Waals surface area (Å²) in [7, 11) is 0. The van der Waals surface area contributed by atoms with E-state index < -0.39 is 5.54 Å². The lowest BCUT2D eigenvalue weighted by Crippen LogP contribution is -2.55. The van der Waals surface area contributed by atoms with E-state index in [9.17, 15) is 14.9 Å². The van der Waals surface area contributed by atoms with E-state index in [0.29, 0.717) is 39.3 Å². The first-order valence-corrected chi connectivity index (χ1v) is 8.97. The van der Waals surface area contributed by atoms with Crippen molar-refractivity contribution in [3.05, 3.63) is 0 Å². The molecule has 2 aliphatic heterocycles. The van der Waals surface area contributed by atoms with Crippen molar-refractivity contribution in [3.8, 4) is 6.07 Å². The lowest BCUT2D eigenvalue weighted by molar-refractivity contribution is -0.142. The van der Waals surface area contributed by atoms with Gasteiger partial charge >= 0.3 is 0 Å². The highest BCUT2D eigenvalue weighted by atomic mass is 16.5. The zero-order valence-corrected chi connectivity index (χ0v) is 14.1. The van der Waals surface area contributed by atoms with Crippen molar-refractivity contribution >= 4 is 11.8 Å². The number of carbonyl (C=O) groups is 2. The lowest BCUT2D eigenvalue weighted by Gasteiger charge is -2.35. The standard InChI is InChI=1S/C17H26N4O3/c18-13-17(5-1-2-6-17)19-15(22)12-20-7-9-21(10-8-20)16(23)14-4-3-11-24-14/h14H,1-12H2,(H,19,22). The number of hydrogen-bond donors (Lipinski definition) is 1. The summed E-state index contributed by atoms with van der Waals surface area (Å²) < 4.78 is 5.46. The molecule has 2 amide bonds. The van der Waals surface area contributed by atoms with Crippen LogP contribution in [0.5, 0.6) is 0 Å². The third-order valence-electron chi connectivity index (χ3n) is 5.31. The number of carbonyl (C=O) groups excluding carboxylic acids is 2. The molecule has 0 aromatic carbocycles. The maximum atomic E-state index is 12.3. The van der Waals surface area contributed by atoms with Crippen LogP contribution >= 0.6 is 0 Å². The first-order chi connectivity index (χ1) is 11.6. The van der Waals surface area contributed by atoms with Gasteiger partial charge < -0.3 is 15.0 Å². The molecule has 1 unspecified atom stereocenters. The molecule has 3 fully saturated rings. The Labute approximate surface area is 142 Å². The molecule has 0 spiro atoms. The van der Waals surface area contributed by atoms with Gasteiger partial charge in [-0.3, -0.25) is 14.5 Å². The molecule has 3 aliphatic rings. The minimum Gasteiger partial charge on any atom is -0.368 e. The van der Waals surface area contributed by atoms with Gasteiger partial charge in [0.25, 0.3) is 5.91 Å². The van der Waals surface area contributed by atoms with E-state index in [1.54, 1.807) is 0 Å². The van der Waals surface area contributed by atoms with Gasteiger partial charge in [-0.25, -0.2) is 0 Å². The van der Waals surface area contributed by atoms with Crippen molar-refractivity contribution in [2.24, 2.45) is 0 Å². The summed E-state index contributed by atoms with van der Waals surface area (Å²) in [5, 5.41) is 12.3. The molecule has 2 heterocycles. The molecule has 0 aromatic heterocycles. The zero-order chi connectivity index (χ0) is 17.0. The van der Waals surface area contributed by atoms with Crippen LogP contribution in [0.3, 0.4) is 0 Å². The van der Waals surface area contributed by atoms with E-state index in [1.807, 2.05) is 4.90 Å². The molecule has 0 aromatic rings. The quantitative estimate of drug-likeness (QED) is 0.797. The first-order valence-electron chi connectivity index (χ1n) is 8.97. The van der Waals surface area contributed by atoms with Crippen molar-refractivity contribution in [2.75, 3.05) is 39.3 Å². The number of amides is 2. The van der Waals surface area contributed by atoms with E-state index in [4.69, 9.17) is 4.74 Å². The predicted molar refractivity (Wildman–Crippen MR) is 86.9 cm³/mol. The number of piperazine rings is 1. The van der Waals surface area contributed by atoms with Gasteiger partial charge in [0.15, 0.2) is 0 Å². The lowest BCUT2D eigenvalue weighted by atomic mass is 10.00. The molecular weight excluding hydrogens is 308 g/mol. The summed E-state index contributed by atoms with van der Waals surface area (Å²) in [5.74, 6) is 0.00310. The fourth-order valence-electron chi connectivity index (χ4n) is 3.86. The monoisotopic (exact) mass is 334 g/mol. The second-order valence-corrected chi connectivity index (χ2v) is 7.05. The topological polar surface area (TPSA) is 85.7 Å². The molecule has 1 aliphatic carbocycles. The van der Waals surface area contributed by atoms with Crippen LogP contribution in [0.25, 0.3) is 0 Å². The third kappa shape index (κ3) is 3.87. The van der Waals surface area contributed by atoms with Gasteiger partial charge in [0.2, 0.25) is 5.91 Å². The van der Waals surface area contributed by atoms with Crippen molar-refractivity contribution in [3.63, 3.8) is 0 Å². The normalized spacial score (nSPS) is 27.0. The van der Waals surface area contributed by atoms with Gasteiger partial charge in [-0.05, 0) is 38.5 Å². The maximum Gasteiger partial charge on any atom is 0.251 e. The molecule has 1 N–H and O–H groups in total. The third-order valence-corrected chi connectivity index (χ3v) is 5.31. The van der Waals surface area contributed by atoms with Gasteiger partial charge in [-0.2, -0.15) is 5.26 Å². The Morgan fingerprint density at radius 1 is 1.17 bits per heavy atom. The van der Waals surface area contributed by atoms with Crippen LogP contribution in [0, 0.1) is 11.3 Å². The fraction of sp³-hybridized carbons (Fsp3) is 0.824. The summed E-state index contributed by atoms with van der Waals surface area (Å²) in [4.78, 5) is 28.5. The van der Waals surface area contributed by atoms with Gasteiger partial charge in [-0.15, -0.1) is 0 Å². The van der Waals surface area contributed by atoms with Crippen LogP contribution in [-0.2, 0) is 14.3 Å². The summed E-state index contributed by atoms with van der Waals surface area (Å²) in [6.07, 6.45) is 5.00. The molecule has 0 radical (unpaired) electrons. The number of nitriles is 1. The van der Waals surface area contributed by atoms with Gasteiger partial charge in [-0.1, -0.05) is 0 Å². The summed E-state index contributed by atoms with van der Waals surface area (Å²) in [5.41, 5.74) is -0.658. The van der Waals surface area contributed by atoms with Crippen molar-refractivity contribution in [2.45, 2.75) is 50.2 Å². The van der Waals surface area contributed by atoms with Crippen LogP contribution < -0.4 is 5.32 Å². The number of hydrogen-bond acceptors (Lipinski definition) is 5. The Hall–Kier alpha value is -1.65. The predicted octanol–water partition coefficient (Wildman–Crippen LogP) is 0.262. The number of nitrogens with zero attached hydrogens (tertiary/aromatic N) is 3. The van der Waals surface area contributed by atoms with Crippen LogP contribution in [0.4, 0.5) is 0 Å². The zero-order valence-electron chi connectivity index (χ0n) is 14.1. The van der Waals surface area contributed by atoms with Crippen LogP contribution in [-0.4, -0.2) is 72.6 Å².